The zero-order valence-corrected chi connectivity index (χ0v) is 13.8. The minimum Gasteiger partial charge on any atom is -0.383 e. The summed E-state index contributed by atoms with van der Waals surface area (Å²) in [6, 6.07) is 16.0. The van der Waals surface area contributed by atoms with Gasteiger partial charge in [0.1, 0.15) is 6.10 Å². The first-order valence-corrected chi connectivity index (χ1v) is 8.17. The van der Waals surface area contributed by atoms with Crippen molar-refractivity contribution in [3.63, 3.8) is 0 Å². The summed E-state index contributed by atoms with van der Waals surface area (Å²) in [6.45, 7) is 0. The highest BCUT2D eigenvalue weighted by atomic mass is 79.9. The second-order valence-corrected chi connectivity index (χ2v) is 7.58. The minimum atomic E-state index is -0.589. The molecule has 1 nitrogen and oxygen atoms in total. The lowest BCUT2D eigenvalue weighted by molar-refractivity contribution is 0.226. The summed E-state index contributed by atoms with van der Waals surface area (Å²) in [5, 5.41) is 12.8. The van der Waals surface area contributed by atoms with Crippen molar-refractivity contribution < 1.29 is 5.11 Å². The Labute approximate surface area is 132 Å². The largest absolute Gasteiger partial charge is 0.383 e. The molecule has 0 saturated carbocycles. The summed E-state index contributed by atoms with van der Waals surface area (Å²) < 4.78 is 2.08. The van der Waals surface area contributed by atoms with Gasteiger partial charge in [0.05, 0.1) is 3.79 Å². The van der Waals surface area contributed by atoms with Crippen molar-refractivity contribution in [2.24, 2.45) is 0 Å². The molecule has 0 spiro atoms. The molecule has 1 heterocycles. The van der Waals surface area contributed by atoms with E-state index >= 15 is 0 Å². The van der Waals surface area contributed by atoms with Crippen LogP contribution < -0.4 is 0 Å². The first-order chi connectivity index (χ1) is 9.16. The zero-order chi connectivity index (χ0) is 13.4. The van der Waals surface area contributed by atoms with Crippen molar-refractivity contribution in [1.82, 2.24) is 0 Å². The second-order valence-electron chi connectivity index (χ2n) is 4.23. The van der Waals surface area contributed by atoms with Gasteiger partial charge in [-0.2, -0.15) is 0 Å². The smallest absolute Gasteiger partial charge is 0.114 e. The van der Waals surface area contributed by atoms with Gasteiger partial charge in [-0.15, -0.1) is 11.3 Å². The van der Waals surface area contributed by atoms with Crippen LogP contribution in [0.15, 0.2) is 56.8 Å². The fourth-order valence-electron chi connectivity index (χ4n) is 2.15. The third-order valence-corrected chi connectivity index (χ3v) is 5.43. The Balaban J connectivity index is 2.18. The number of halogens is 2. The van der Waals surface area contributed by atoms with E-state index in [-0.39, 0.29) is 0 Å². The van der Waals surface area contributed by atoms with Gasteiger partial charge in [0, 0.05) is 9.35 Å². The van der Waals surface area contributed by atoms with Crippen LogP contribution in [-0.4, -0.2) is 5.11 Å². The van der Waals surface area contributed by atoms with Crippen LogP contribution in [0.1, 0.15) is 16.5 Å². The highest BCUT2D eigenvalue weighted by Gasteiger charge is 2.16. The fourth-order valence-corrected chi connectivity index (χ4v) is 4.06. The Bertz CT molecular complexity index is 736. The SMILES string of the molecule is OC(c1ccc(Br)s1)c1ccc(Br)c2ccccc12. The lowest BCUT2D eigenvalue weighted by Gasteiger charge is -2.13. The molecule has 0 fully saturated rings. The summed E-state index contributed by atoms with van der Waals surface area (Å²) in [6.07, 6.45) is -0.589. The summed E-state index contributed by atoms with van der Waals surface area (Å²) >= 11 is 8.55. The zero-order valence-electron chi connectivity index (χ0n) is 9.81. The first-order valence-electron chi connectivity index (χ1n) is 5.77. The number of thiophene rings is 1. The van der Waals surface area contributed by atoms with Gasteiger partial charge in [0.15, 0.2) is 0 Å². The molecule has 3 rings (SSSR count). The van der Waals surface area contributed by atoms with Gasteiger partial charge in [-0.25, -0.2) is 0 Å². The Morgan fingerprint density at radius 3 is 2.32 bits per heavy atom. The first kappa shape index (κ1) is 13.3. The summed E-state index contributed by atoms with van der Waals surface area (Å²) in [7, 11) is 0. The number of aliphatic hydroxyl groups is 1. The highest BCUT2D eigenvalue weighted by Crippen LogP contribution is 2.36. The van der Waals surface area contributed by atoms with Crippen molar-refractivity contribution in [3.05, 3.63) is 67.2 Å². The fraction of sp³-hybridized carbons (Fsp3) is 0.0667. The van der Waals surface area contributed by atoms with Crippen molar-refractivity contribution in [2.75, 3.05) is 0 Å². The van der Waals surface area contributed by atoms with E-state index in [1.807, 2.05) is 42.5 Å². The molecule has 2 aromatic carbocycles. The van der Waals surface area contributed by atoms with E-state index < -0.39 is 6.10 Å². The van der Waals surface area contributed by atoms with Gasteiger partial charge in [-0.1, -0.05) is 46.3 Å². The molecular weight excluding hydrogens is 388 g/mol. The van der Waals surface area contributed by atoms with Crippen LogP contribution in [0.2, 0.25) is 0 Å². The highest BCUT2D eigenvalue weighted by molar-refractivity contribution is 9.11. The summed E-state index contributed by atoms with van der Waals surface area (Å²) in [5.41, 5.74) is 0.938. The average molecular weight is 398 g/mol. The second kappa shape index (κ2) is 5.37. The quantitative estimate of drug-likeness (QED) is 0.604. The maximum Gasteiger partial charge on any atom is 0.114 e. The standard InChI is InChI=1S/C15H10Br2OS/c16-12-6-5-11(9-3-1-2-4-10(9)12)15(18)13-7-8-14(17)19-13/h1-8,15,18H. The third-order valence-electron chi connectivity index (χ3n) is 3.06. The van der Waals surface area contributed by atoms with Crippen LogP contribution in [0.5, 0.6) is 0 Å². The lowest BCUT2D eigenvalue weighted by atomic mass is 10.00. The van der Waals surface area contributed by atoms with E-state index in [9.17, 15) is 5.11 Å². The number of benzene rings is 2. The number of fused-ring (bicyclic) bond motifs is 1. The Morgan fingerprint density at radius 2 is 1.63 bits per heavy atom. The van der Waals surface area contributed by atoms with Gasteiger partial charge < -0.3 is 5.11 Å². The topological polar surface area (TPSA) is 20.2 Å². The average Bonchev–Trinajstić information content (AvgIpc) is 2.86. The van der Waals surface area contributed by atoms with Crippen molar-refractivity contribution in [3.8, 4) is 0 Å². The number of hydrogen-bond acceptors (Lipinski definition) is 2. The van der Waals surface area contributed by atoms with Crippen LogP contribution in [0.3, 0.4) is 0 Å². The maximum atomic E-state index is 10.6. The molecule has 0 aliphatic rings. The van der Waals surface area contributed by atoms with Gasteiger partial charge >= 0.3 is 0 Å². The Morgan fingerprint density at radius 1 is 0.895 bits per heavy atom. The van der Waals surface area contributed by atoms with Gasteiger partial charge in [0.25, 0.3) is 0 Å². The molecule has 4 heteroatoms. The Kier molecular flexibility index (Phi) is 3.76. The molecule has 1 unspecified atom stereocenters. The lowest BCUT2D eigenvalue weighted by Crippen LogP contribution is -1.98. The van der Waals surface area contributed by atoms with Gasteiger partial charge in [-0.05, 0) is 50.5 Å². The number of aliphatic hydroxyl groups excluding tert-OH is 1. The molecule has 0 radical (unpaired) electrons. The minimum absolute atomic E-state index is 0.589. The van der Waals surface area contributed by atoms with Crippen LogP contribution in [0.4, 0.5) is 0 Å². The number of rotatable bonds is 2. The molecule has 3 aromatic rings. The molecule has 0 bridgehead atoms. The van der Waals surface area contributed by atoms with Crippen molar-refractivity contribution >= 4 is 54.0 Å². The molecule has 0 aliphatic carbocycles. The normalized spacial score (nSPS) is 12.8. The van der Waals surface area contributed by atoms with E-state index in [1.54, 1.807) is 11.3 Å². The molecule has 1 N–H and O–H groups in total. The van der Waals surface area contributed by atoms with E-state index in [1.165, 1.54) is 0 Å². The molecule has 0 amide bonds. The van der Waals surface area contributed by atoms with E-state index in [0.29, 0.717) is 0 Å². The molecule has 1 atom stereocenters. The van der Waals surface area contributed by atoms with Crippen molar-refractivity contribution in [2.45, 2.75) is 6.10 Å². The predicted octanol–water partition coefficient (Wildman–Crippen LogP) is 5.51. The van der Waals surface area contributed by atoms with Crippen LogP contribution in [0.25, 0.3) is 10.8 Å². The van der Waals surface area contributed by atoms with Gasteiger partial charge in [-0.3, -0.25) is 0 Å². The molecule has 96 valence electrons. The summed E-state index contributed by atoms with van der Waals surface area (Å²) in [4.78, 5) is 0.944. The van der Waals surface area contributed by atoms with E-state index in [0.717, 1.165) is 29.5 Å². The molecule has 0 aliphatic heterocycles. The van der Waals surface area contributed by atoms with E-state index in [2.05, 4.69) is 37.9 Å². The maximum absolute atomic E-state index is 10.6. The Hall–Kier alpha value is -0.680. The molecule has 0 saturated heterocycles. The molecular formula is C15H10Br2OS. The van der Waals surface area contributed by atoms with E-state index in [4.69, 9.17) is 0 Å². The monoisotopic (exact) mass is 396 g/mol. The summed E-state index contributed by atoms with van der Waals surface area (Å²) in [5.74, 6) is 0. The third kappa shape index (κ3) is 2.50. The van der Waals surface area contributed by atoms with Crippen LogP contribution in [-0.2, 0) is 0 Å². The van der Waals surface area contributed by atoms with Crippen molar-refractivity contribution in [1.29, 1.82) is 0 Å². The predicted molar refractivity (Wildman–Crippen MR) is 87.7 cm³/mol. The molecule has 19 heavy (non-hydrogen) atoms. The van der Waals surface area contributed by atoms with Crippen LogP contribution in [0, 0.1) is 0 Å². The van der Waals surface area contributed by atoms with Crippen LogP contribution >= 0.6 is 43.2 Å². The van der Waals surface area contributed by atoms with Gasteiger partial charge in [0.2, 0.25) is 0 Å². The molecule has 1 aromatic heterocycles. The number of hydrogen-bond donors (Lipinski definition) is 1.